The molecule has 1 amide bonds. The lowest BCUT2D eigenvalue weighted by molar-refractivity contribution is -0.00686. The number of anilines is 2. The summed E-state index contributed by atoms with van der Waals surface area (Å²) in [6.07, 6.45) is 3.54. The average molecular weight is 413 g/mol. The minimum atomic E-state index is -0.774. The van der Waals surface area contributed by atoms with Crippen molar-refractivity contribution >= 4 is 46.1 Å². The first-order valence-electron chi connectivity index (χ1n) is 7.84. The normalized spacial score (nSPS) is 12.2. The van der Waals surface area contributed by atoms with Crippen LogP contribution in [0.15, 0.2) is 36.8 Å². The molecule has 3 aromatic rings. The second kappa shape index (κ2) is 8.10. The number of halogens is 3. The minimum Gasteiger partial charge on any atom is -0.391 e. The van der Waals surface area contributed by atoms with Crippen LogP contribution in [0.5, 0.6) is 0 Å². The van der Waals surface area contributed by atoms with E-state index in [1.165, 1.54) is 36.0 Å². The van der Waals surface area contributed by atoms with Crippen molar-refractivity contribution in [3.63, 3.8) is 0 Å². The monoisotopic (exact) mass is 412 g/mol. The molecule has 0 spiro atoms. The van der Waals surface area contributed by atoms with Crippen LogP contribution in [-0.4, -0.2) is 33.1 Å². The van der Waals surface area contributed by atoms with Gasteiger partial charge >= 0.3 is 0 Å². The number of carbonyl (C=O) groups is 1. The molecule has 0 aliphatic heterocycles. The highest BCUT2D eigenvalue weighted by Crippen LogP contribution is 2.32. The van der Waals surface area contributed by atoms with Gasteiger partial charge < -0.3 is 14.8 Å². The first kappa shape index (κ1) is 19.4. The summed E-state index contributed by atoms with van der Waals surface area (Å²) >= 11 is 12.0. The van der Waals surface area contributed by atoms with E-state index in [-0.39, 0.29) is 28.5 Å². The summed E-state index contributed by atoms with van der Waals surface area (Å²) in [7, 11) is 0. The van der Waals surface area contributed by atoms with Gasteiger partial charge in [0.15, 0.2) is 11.5 Å². The quantitative estimate of drug-likeness (QED) is 0.538. The molecule has 27 heavy (non-hydrogen) atoms. The molecule has 0 aliphatic carbocycles. The molecule has 3 N–H and O–H groups in total. The molecule has 0 fully saturated rings. The highest BCUT2D eigenvalue weighted by molar-refractivity contribution is 6.36. The Hall–Kier alpha value is -2.39. The second-order valence-corrected chi connectivity index (χ2v) is 6.57. The number of aromatic nitrogens is 2. The van der Waals surface area contributed by atoms with Crippen molar-refractivity contribution in [3.8, 4) is 0 Å². The molecule has 0 unspecified atom stereocenters. The molecule has 7 nitrogen and oxygen atoms in total. The van der Waals surface area contributed by atoms with Gasteiger partial charge in [-0.3, -0.25) is 9.63 Å². The van der Waals surface area contributed by atoms with E-state index >= 15 is 0 Å². The number of rotatable bonds is 6. The molecule has 2 heterocycles. The lowest BCUT2D eigenvalue weighted by Crippen LogP contribution is -2.28. The zero-order chi connectivity index (χ0) is 19.6. The maximum Gasteiger partial charge on any atom is 0.278 e. The SMILES string of the molecule is C[C@@H](O)CONC(=O)c1cn2ccnc2c(F)c1Nc1ccc(Cl)cc1Cl. The molecule has 0 saturated heterocycles. The fourth-order valence-corrected chi connectivity index (χ4v) is 2.78. The van der Waals surface area contributed by atoms with Crippen LogP contribution in [0.3, 0.4) is 0 Å². The van der Waals surface area contributed by atoms with Crippen molar-refractivity contribution in [2.45, 2.75) is 13.0 Å². The number of hydrogen-bond acceptors (Lipinski definition) is 5. The van der Waals surface area contributed by atoms with Gasteiger partial charge in [-0.1, -0.05) is 23.2 Å². The number of aliphatic hydroxyl groups excluding tert-OH is 1. The Morgan fingerprint density at radius 3 is 2.93 bits per heavy atom. The topological polar surface area (TPSA) is 87.9 Å². The van der Waals surface area contributed by atoms with Crippen LogP contribution in [0.4, 0.5) is 15.8 Å². The van der Waals surface area contributed by atoms with E-state index in [0.29, 0.717) is 10.7 Å². The van der Waals surface area contributed by atoms with Crippen molar-refractivity contribution in [1.82, 2.24) is 14.9 Å². The summed E-state index contributed by atoms with van der Waals surface area (Å²) in [5.74, 6) is -1.45. The lowest BCUT2D eigenvalue weighted by Gasteiger charge is -2.15. The summed E-state index contributed by atoms with van der Waals surface area (Å²) in [6, 6.07) is 4.63. The average Bonchev–Trinajstić information content (AvgIpc) is 3.07. The van der Waals surface area contributed by atoms with Crippen LogP contribution in [0.25, 0.3) is 5.65 Å². The van der Waals surface area contributed by atoms with Crippen LogP contribution in [-0.2, 0) is 4.84 Å². The number of aliphatic hydroxyl groups is 1. The maximum atomic E-state index is 15.0. The van der Waals surface area contributed by atoms with E-state index in [1.54, 1.807) is 12.1 Å². The molecule has 0 bridgehead atoms. The van der Waals surface area contributed by atoms with Gasteiger partial charge in [-0.05, 0) is 25.1 Å². The fraction of sp³-hybridized carbons (Fsp3) is 0.176. The minimum absolute atomic E-state index is 0.0315. The van der Waals surface area contributed by atoms with Gasteiger partial charge in [0.05, 0.1) is 28.1 Å². The molecule has 1 aromatic carbocycles. The number of hydroxylamine groups is 1. The number of fused-ring (bicyclic) bond motifs is 1. The summed E-state index contributed by atoms with van der Waals surface area (Å²) in [5.41, 5.74) is 2.38. The van der Waals surface area contributed by atoms with E-state index < -0.39 is 17.8 Å². The smallest absolute Gasteiger partial charge is 0.278 e. The number of pyridine rings is 1. The second-order valence-electron chi connectivity index (χ2n) is 5.73. The fourth-order valence-electron chi connectivity index (χ4n) is 2.32. The third-order valence-electron chi connectivity index (χ3n) is 3.55. The molecular weight excluding hydrogens is 398 g/mol. The van der Waals surface area contributed by atoms with E-state index in [4.69, 9.17) is 28.0 Å². The van der Waals surface area contributed by atoms with Crippen LogP contribution in [0.2, 0.25) is 10.0 Å². The van der Waals surface area contributed by atoms with Crippen LogP contribution in [0.1, 0.15) is 17.3 Å². The van der Waals surface area contributed by atoms with E-state index in [0.717, 1.165) is 0 Å². The molecule has 2 aromatic heterocycles. The molecule has 142 valence electrons. The summed E-state index contributed by atoms with van der Waals surface area (Å²) in [5, 5.41) is 12.7. The van der Waals surface area contributed by atoms with Gasteiger partial charge in [0.25, 0.3) is 5.91 Å². The predicted molar refractivity (Wildman–Crippen MR) is 100.0 cm³/mol. The Kier molecular flexibility index (Phi) is 5.81. The van der Waals surface area contributed by atoms with Gasteiger partial charge in [-0.25, -0.2) is 14.9 Å². The third-order valence-corrected chi connectivity index (χ3v) is 4.09. The standard InChI is InChI=1S/C17H15Cl2FN4O3/c1-9(25)8-27-23-17(26)11-7-24-5-4-21-16(24)14(20)15(11)22-13-3-2-10(18)6-12(13)19/h2-7,9,22,25H,8H2,1H3,(H,23,26)/t9-/m1/s1. The Labute approximate surface area is 163 Å². The third kappa shape index (κ3) is 4.30. The Morgan fingerprint density at radius 1 is 1.44 bits per heavy atom. The molecule has 0 radical (unpaired) electrons. The summed E-state index contributed by atoms with van der Waals surface area (Å²) < 4.78 is 16.4. The molecule has 10 heteroatoms. The molecular formula is C17H15Cl2FN4O3. The lowest BCUT2D eigenvalue weighted by atomic mass is 10.2. The maximum absolute atomic E-state index is 15.0. The molecule has 0 aliphatic rings. The van der Waals surface area contributed by atoms with Gasteiger partial charge in [0.2, 0.25) is 0 Å². The first-order valence-corrected chi connectivity index (χ1v) is 8.60. The summed E-state index contributed by atoms with van der Waals surface area (Å²) in [6.45, 7) is 1.38. The number of nitrogens with one attached hydrogen (secondary N) is 2. The largest absolute Gasteiger partial charge is 0.391 e. The number of hydrogen-bond donors (Lipinski definition) is 3. The van der Waals surface area contributed by atoms with Crippen molar-refractivity contribution < 1.29 is 19.1 Å². The van der Waals surface area contributed by atoms with Crippen LogP contribution < -0.4 is 10.8 Å². The van der Waals surface area contributed by atoms with Crippen LogP contribution >= 0.6 is 23.2 Å². The predicted octanol–water partition coefficient (Wildman–Crippen LogP) is 3.57. The Morgan fingerprint density at radius 2 is 2.22 bits per heavy atom. The van der Waals surface area contributed by atoms with Crippen molar-refractivity contribution in [1.29, 1.82) is 0 Å². The Balaban J connectivity index is 2.00. The number of benzene rings is 1. The number of imidazole rings is 1. The van der Waals surface area contributed by atoms with Crippen molar-refractivity contribution in [3.05, 3.63) is 58.2 Å². The van der Waals surface area contributed by atoms with Crippen molar-refractivity contribution in [2.75, 3.05) is 11.9 Å². The van der Waals surface area contributed by atoms with Gasteiger partial charge in [-0.2, -0.15) is 0 Å². The summed E-state index contributed by atoms with van der Waals surface area (Å²) in [4.78, 5) is 21.3. The van der Waals surface area contributed by atoms with E-state index in [9.17, 15) is 14.3 Å². The number of amides is 1. The van der Waals surface area contributed by atoms with Gasteiger partial charge in [-0.15, -0.1) is 0 Å². The number of nitrogens with zero attached hydrogens (tertiary/aromatic N) is 2. The van der Waals surface area contributed by atoms with Crippen LogP contribution in [0, 0.1) is 5.82 Å². The van der Waals surface area contributed by atoms with Gasteiger partial charge in [0, 0.05) is 23.6 Å². The molecule has 3 rings (SSSR count). The van der Waals surface area contributed by atoms with E-state index in [2.05, 4.69) is 15.8 Å². The first-order chi connectivity index (χ1) is 12.9. The number of carbonyl (C=O) groups excluding carboxylic acids is 1. The Bertz CT molecular complexity index is 994. The van der Waals surface area contributed by atoms with Gasteiger partial charge in [0.1, 0.15) is 6.61 Å². The highest BCUT2D eigenvalue weighted by Gasteiger charge is 2.21. The highest BCUT2D eigenvalue weighted by atomic mass is 35.5. The van der Waals surface area contributed by atoms with E-state index in [1.807, 2.05) is 0 Å². The molecule has 0 saturated carbocycles. The zero-order valence-corrected chi connectivity index (χ0v) is 15.6. The van der Waals surface area contributed by atoms with Crippen molar-refractivity contribution in [2.24, 2.45) is 0 Å². The molecule has 1 atom stereocenters. The zero-order valence-electron chi connectivity index (χ0n) is 14.0.